The number of nitrogens with zero attached hydrogens (tertiary/aromatic N) is 2. The van der Waals surface area contributed by atoms with Crippen molar-refractivity contribution in [1.29, 1.82) is 0 Å². The van der Waals surface area contributed by atoms with Gasteiger partial charge in [-0.05, 0) is 44.9 Å². The van der Waals surface area contributed by atoms with Crippen LogP contribution in [0.4, 0.5) is 0 Å². The van der Waals surface area contributed by atoms with Gasteiger partial charge in [0.05, 0.1) is 24.5 Å². The Balaban J connectivity index is 1.92. The Hall–Kier alpha value is -1.71. The van der Waals surface area contributed by atoms with E-state index in [1.807, 2.05) is 0 Å². The number of aliphatic hydroxyl groups is 1. The fourth-order valence-corrected chi connectivity index (χ4v) is 6.90. The topological polar surface area (TPSA) is 96.4 Å². The third-order valence-electron chi connectivity index (χ3n) is 7.59. The summed E-state index contributed by atoms with van der Waals surface area (Å²) >= 11 is 3.68. The molecule has 0 aromatic heterocycles. The summed E-state index contributed by atoms with van der Waals surface area (Å²) in [4.78, 5) is 44.5. The number of alkyl halides is 1. The monoisotopic (exact) mass is 568 g/mol. The van der Waals surface area contributed by atoms with Crippen LogP contribution in [0.15, 0.2) is 25.3 Å². The molecular weight excluding hydrogens is 528 g/mol. The number of unbranched alkanes of at least 4 members (excludes halogenated alkanes) is 4. The second-order valence-corrected chi connectivity index (χ2v) is 11.2. The highest BCUT2D eigenvalue weighted by molar-refractivity contribution is 9.09. The maximum absolute atomic E-state index is 14.1. The number of aliphatic hydroxyl groups excluding tert-OH is 1. The fraction of sp³-hybridized carbons (Fsp3) is 0.741. The zero-order valence-electron chi connectivity index (χ0n) is 21.4. The number of hydrogen-bond acceptors (Lipinski definition) is 6. The molecule has 36 heavy (non-hydrogen) atoms. The lowest BCUT2D eigenvalue weighted by molar-refractivity contribution is -0.155. The number of amides is 2. The van der Waals surface area contributed by atoms with E-state index in [2.05, 4.69) is 36.0 Å². The van der Waals surface area contributed by atoms with E-state index >= 15 is 0 Å². The molecule has 202 valence electrons. The first-order chi connectivity index (χ1) is 17.4. The number of allylic oxidation sites excluding steroid dienone is 1. The zero-order chi connectivity index (χ0) is 26.3. The molecule has 0 aliphatic carbocycles. The Bertz CT molecular complexity index is 822. The van der Waals surface area contributed by atoms with Gasteiger partial charge in [-0.15, -0.1) is 13.2 Å². The van der Waals surface area contributed by atoms with Crippen LogP contribution < -0.4 is 0 Å². The minimum Gasteiger partial charge on any atom is -0.465 e. The van der Waals surface area contributed by atoms with E-state index in [0.29, 0.717) is 45.3 Å². The van der Waals surface area contributed by atoms with Crippen LogP contribution in [0.1, 0.15) is 58.3 Å². The van der Waals surface area contributed by atoms with E-state index < -0.39 is 35.6 Å². The Kier molecular flexibility index (Phi) is 10.6. The Morgan fingerprint density at radius 3 is 2.69 bits per heavy atom. The highest BCUT2D eigenvalue weighted by Crippen LogP contribution is 2.60. The number of rotatable bonds is 16. The van der Waals surface area contributed by atoms with Gasteiger partial charge >= 0.3 is 5.97 Å². The van der Waals surface area contributed by atoms with Crippen LogP contribution in [0, 0.1) is 11.8 Å². The van der Waals surface area contributed by atoms with E-state index in [1.54, 1.807) is 22.0 Å². The van der Waals surface area contributed by atoms with Crippen LogP contribution >= 0.6 is 15.9 Å². The molecule has 2 bridgehead atoms. The molecule has 9 heteroatoms. The summed E-state index contributed by atoms with van der Waals surface area (Å²) in [5.74, 6) is -2.29. The first kappa shape index (κ1) is 28.9. The van der Waals surface area contributed by atoms with Crippen LogP contribution in [0.5, 0.6) is 0 Å². The number of likely N-dealkylation sites (tertiary alicyclic amines) is 1. The van der Waals surface area contributed by atoms with E-state index in [4.69, 9.17) is 9.47 Å². The smallest absolute Gasteiger partial charge is 0.312 e. The van der Waals surface area contributed by atoms with Crippen molar-refractivity contribution in [2.24, 2.45) is 11.8 Å². The lowest BCUT2D eigenvalue weighted by Gasteiger charge is -2.37. The van der Waals surface area contributed by atoms with Gasteiger partial charge in [0.15, 0.2) is 0 Å². The van der Waals surface area contributed by atoms with Gasteiger partial charge in [-0.25, -0.2) is 0 Å². The number of carbonyl (C=O) groups is 3. The van der Waals surface area contributed by atoms with Crippen molar-refractivity contribution >= 4 is 33.7 Å². The minimum atomic E-state index is -1.07. The summed E-state index contributed by atoms with van der Waals surface area (Å²) in [7, 11) is 0. The van der Waals surface area contributed by atoms with Gasteiger partial charge in [0, 0.05) is 31.1 Å². The van der Waals surface area contributed by atoms with Crippen molar-refractivity contribution in [3.63, 3.8) is 0 Å². The fourth-order valence-electron chi connectivity index (χ4n) is 5.96. The molecular formula is C27H41BrN2O6. The number of ether oxygens (including phenoxy) is 2. The molecule has 3 aliphatic heterocycles. The normalized spacial score (nSPS) is 30.4. The third kappa shape index (κ3) is 5.58. The molecule has 1 spiro atoms. The predicted molar refractivity (Wildman–Crippen MR) is 140 cm³/mol. The molecule has 1 N–H and O–H groups in total. The number of esters is 1. The average molecular weight is 570 g/mol. The molecule has 3 fully saturated rings. The third-order valence-corrected chi connectivity index (χ3v) is 8.44. The molecule has 0 aromatic rings. The van der Waals surface area contributed by atoms with Crippen LogP contribution in [-0.2, 0) is 23.9 Å². The lowest BCUT2D eigenvalue weighted by atomic mass is 9.70. The van der Waals surface area contributed by atoms with Crippen molar-refractivity contribution in [3.8, 4) is 0 Å². The van der Waals surface area contributed by atoms with Crippen molar-refractivity contribution in [2.75, 3.05) is 32.8 Å². The molecule has 3 unspecified atom stereocenters. The molecule has 3 rings (SSSR count). The predicted octanol–water partition coefficient (Wildman–Crippen LogP) is 3.22. The van der Waals surface area contributed by atoms with Crippen LogP contribution in [0.3, 0.4) is 0 Å². The molecule has 3 saturated heterocycles. The summed E-state index contributed by atoms with van der Waals surface area (Å²) in [5, 5.41) is 9.18. The van der Waals surface area contributed by atoms with E-state index in [1.165, 1.54) is 0 Å². The lowest BCUT2D eigenvalue weighted by Crippen LogP contribution is -2.57. The molecule has 6 atom stereocenters. The Morgan fingerprint density at radius 2 is 2.03 bits per heavy atom. The van der Waals surface area contributed by atoms with Gasteiger partial charge in [-0.1, -0.05) is 41.4 Å². The molecule has 3 heterocycles. The largest absolute Gasteiger partial charge is 0.465 e. The first-order valence-corrected chi connectivity index (χ1v) is 14.2. The molecule has 0 radical (unpaired) electrons. The summed E-state index contributed by atoms with van der Waals surface area (Å²) in [6.45, 7) is 11.3. The minimum absolute atomic E-state index is 0.0861. The van der Waals surface area contributed by atoms with Crippen molar-refractivity contribution in [3.05, 3.63) is 25.3 Å². The highest BCUT2D eigenvalue weighted by atomic mass is 79.9. The van der Waals surface area contributed by atoms with Crippen LogP contribution in [0.25, 0.3) is 0 Å². The molecule has 3 aliphatic rings. The van der Waals surface area contributed by atoms with E-state index in [-0.39, 0.29) is 29.9 Å². The molecule has 0 saturated carbocycles. The quantitative estimate of drug-likeness (QED) is 0.133. The van der Waals surface area contributed by atoms with Gasteiger partial charge in [0.25, 0.3) is 0 Å². The number of halogens is 1. The SMILES string of the molecule is C=CCCCOC(=O)[C@H]1[C@H]2C(=O)N(CCCCCO)C(C(=O)N(CC=C)CCCC)C23CC(Br)[C@@H]1O3. The second kappa shape index (κ2) is 13.2. The molecule has 0 aromatic carbocycles. The summed E-state index contributed by atoms with van der Waals surface area (Å²) in [5.41, 5.74) is -1.07. The second-order valence-electron chi connectivity index (χ2n) is 10.0. The van der Waals surface area contributed by atoms with Gasteiger partial charge in [0.1, 0.15) is 11.6 Å². The van der Waals surface area contributed by atoms with Gasteiger partial charge in [0.2, 0.25) is 11.8 Å². The first-order valence-electron chi connectivity index (χ1n) is 13.3. The maximum Gasteiger partial charge on any atom is 0.312 e. The van der Waals surface area contributed by atoms with Crippen LogP contribution in [0.2, 0.25) is 0 Å². The number of fused-ring (bicyclic) bond motifs is 1. The van der Waals surface area contributed by atoms with Gasteiger partial charge in [-0.3, -0.25) is 14.4 Å². The van der Waals surface area contributed by atoms with Crippen molar-refractivity contribution in [1.82, 2.24) is 9.80 Å². The Morgan fingerprint density at radius 1 is 1.25 bits per heavy atom. The van der Waals surface area contributed by atoms with E-state index in [0.717, 1.165) is 25.7 Å². The number of carbonyl (C=O) groups excluding carboxylic acids is 3. The highest BCUT2D eigenvalue weighted by Gasteiger charge is 2.77. The zero-order valence-corrected chi connectivity index (χ0v) is 23.0. The molecule has 2 amide bonds. The van der Waals surface area contributed by atoms with Gasteiger partial charge < -0.3 is 24.4 Å². The van der Waals surface area contributed by atoms with Crippen molar-refractivity contribution in [2.45, 2.75) is 80.9 Å². The van der Waals surface area contributed by atoms with E-state index in [9.17, 15) is 19.5 Å². The number of hydrogen-bond donors (Lipinski definition) is 1. The van der Waals surface area contributed by atoms with Gasteiger partial charge in [-0.2, -0.15) is 0 Å². The summed E-state index contributed by atoms with van der Waals surface area (Å²) in [6, 6.07) is -0.801. The standard InChI is InChI=1S/C27H41BrN2O6/c1-4-7-12-17-35-26(34)20-21-24(32)30(15-10-9-11-16-31)23(27(21)18-19(28)22(20)36-27)25(33)29(13-6-3)14-8-5-2/h4,6,19-23,31H,1,3,5,7-18H2,2H3/t19?,20-,21-,22-,23?,27?/m0/s1. The summed E-state index contributed by atoms with van der Waals surface area (Å²) in [6.07, 6.45) is 8.66. The molecule has 8 nitrogen and oxygen atoms in total. The summed E-state index contributed by atoms with van der Waals surface area (Å²) < 4.78 is 12.1. The van der Waals surface area contributed by atoms with Crippen LogP contribution in [-0.4, -0.2) is 88.1 Å². The van der Waals surface area contributed by atoms with Crippen molar-refractivity contribution < 1.29 is 29.0 Å². The average Bonchev–Trinajstić information content (AvgIpc) is 3.45. The maximum atomic E-state index is 14.1. The Labute approximate surface area is 223 Å².